The van der Waals surface area contributed by atoms with Gasteiger partial charge in [-0.2, -0.15) is 0 Å². The minimum atomic E-state index is -0.436. The molecule has 0 bridgehead atoms. The third kappa shape index (κ3) is 2.46. The Kier molecular flexibility index (Phi) is 3.31. The predicted molar refractivity (Wildman–Crippen MR) is 59.6 cm³/mol. The van der Waals surface area contributed by atoms with Gasteiger partial charge < -0.3 is 4.90 Å². The Labute approximate surface area is 93.4 Å². The maximum atomic E-state index is 10.5. The highest BCUT2D eigenvalue weighted by Crippen LogP contribution is 2.16. The number of hydrogen-bond acceptors (Lipinski definition) is 4. The first kappa shape index (κ1) is 10.8. The number of nitro groups is 1. The Hall–Kier alpha value is -1.69. The molecule has 0 amide bonds. The number of hydrogen-bond donors (Lipinski definition) is 0. The first-order chi connectivity index (χ1) is 7.77. The molecule has 16 heavy (non-hydrogen) atoms. The fourth-order valence-electron chi connectivity index (χ4n) is 1.69. The predicted octanol–water partition coefficient (Wildman–Crippen LogP) is 0.804. The van der Waals surface area contributed by atoms with Crippen LogP contribution in [0.4, 0.5) is 11.5 Å². The molecule has 2 heterocycles. The fourth-order valence-corrected chi connectivity index (χ4v) is 1.69. The van der Waals surface area contributed by atoms with Crippen molar-refractivity contribution in [1.29, 1.82) is 0 Å². The van der Waals surface area contributed by atoms with Gasteiger partial charge in [0.05, 0.1) is 4.92 Å². The third-order valence-electron chi connectivity index (χ3n) is 2.54. The SMILES string of the molecule is O=[N+]([O-])c1ccc(N2CCC[N]CC2)nc1. The lowest BCUT2D eigenvalue weighted by atomic mass is 10.3. The van der Waals surface area contributed by atoms with E-state index >= 15 is 0 Å². The molecule has 2 rings (SSSR count). The summed E-state index contributed by atoms with van der Waals surface area (Å²) in [4.78, 5) is 16.3. The van der Waals surface area contributed by atoms with Crippen molar-refractivity contribution in [3.05, 3.63) is 28.4 Å². The fraction of sp³-hybridized carbons (Fsp3) is 0.500. The molecule has 0 unspecified atom stereocenters. The van der Waals surface area contributed by atoms with Crippen molar-refractivity contribution in [1.82, 2.24) is 10.3 Å². The topological polar surface area (TPSA) is 73.4 Å². The highest BCUT2D eigenvalue weighted by molar-refractivity contribution is 5.42. The number of nitrogens with zero attached hydrogens (tertiary/aromatic N) is 4. The smallest absolute Gasteiger partial charge is 0.287 e. The normalized spacial score (nSPS) is 16.9. The molecule has 85 valence electrons. The van der Waals surface area contributed by atoms with Gasteiger partial charge in [0.2, 0.25) is 0 Å². The maximum absolute atomic E-state index is 10.5. The maximum Gasteiger partial charge on any atom is 0.287 e. The van der Waals surface area contributed by atoms with Crippen molar-refractivity contribution in [2.75, 3.05) is 31.1 Å². The molecule has 1 aromatic heterocycles. The second-order valence-electron chi connectivity index (χ2n) is 3.64. The Morgan fingerprint density at radius 1 is 1.31 bits per heavy atom. The molecular weight excluding hydrogens is 208 g/mol. The lowest BCUT2D eigenvalue weighted by molar-refractivity contribution is -0.385. The summed E-state index contributed by atoms with van der Waals surface area (Å²) in [5, 5.41) is 14.8. The molecule has 1 aliphatic heterocycles. The van der Waals surface area contributed by atoms with E-state index in [1.54, 1.807) is 6.07 Å². The molecule has 0 saturated carbocycles. The zero-order chi connectivity index (χ0) is 11.4. The lowest BCUT2D eigenvalue weighted by Gasteiger charge is -2.20. The van der Waals surface area contributed by atoms with Crippen LogP contribution in [0.1, 0.15) is 6.42 Å². The van der Waals surface area contributed by atoms with Gasteiger partial charge >= 0.3 is 0 Å². The van der Waals surface area contributed by atoms with Crippen LogP contribution in [-0.2, 0) is 0 Å². The van der Waals surface area contributed by atoms with E-state index in [1.807, 2.05) is 0 Å². The summed E-state index contributed by atoms with van der Waals surface area (Å²) >= 11 is 0. The van der Waals surface area contributed by atoms with Crippen molar-refractivity contribution in [3.8, 4) is 0 Å². The standard InChI is InChI=1S/C10H13N4O2/c15-14(16)9-2-3-10(12-8-9)13-6-1-4-11-5-7-13/h2-3,8H,1,4-7H2. The van der Waals surface area contributed by atoms with Gasteiger partial charge in [0.25, 0.3) is 5.69 Å². The number of anilines is 1. The molecule has 1 saturated heterocycles. The lowest BCUT2D eigenvalue weighted by Crippen LogP contribution is -2.27. The summed E-state index contributed by atoms with van der Waals surface area (Å²) in [7, 11) is 0. The van der Waals surface area contributed by atoms with E-state index in [9.17, 15) is 10.1 Å². The van der Waals surface area contributed by atoms with Crippen molar-refractivity contribution in [2.24, 2.45) is 0 Å². The largest absolute Gasteiger partial charge is 0.355 e. The molecule has 1 aromatic rings. The Bertz CT molecular complexity index is 358. The zero-order valence-electron chi connectivity index (χ0n) is 8.87. The molecule has 0 aliphatic carbocycles. The first-order valence-corrected chi connectivity index (χ1v) is 5.26. The van der Waals surface area contributed by atoms with E-state index in [0.29, 0.717) is 0 Å². The van der Waals surface area contributed by atoms with Gasteiger partial charge in [-0.05, 0) is 12.5 Å². The molecular formula is C10H13N4O2. The average molecular weight is 221 g/mol. The minimum absolute atomic E-state index is 0.0308. The quantitative estimate of drug-likeness (QED) is 0.547. The summed E-state index contributed by atoms with van der Waals surface area (Å²) in [6.07, 6.45) is 2.32. The van der Waals surface area contributed by atoms with Gasteiger partial charge in [-0.3, -0.25) is 10.1 Å². The molecule has 0 N–H and O–H groups in total. The third-order valence-corrected chi connectivity index (χ3v) is 2.54. The van der Waals surface area contributed by atoms with Crippen molar-refractivity contribution in [3.63, 3.8) is 0 Å². The minimum Gasteiger partial charge on any atom is -0.355 e. The van der Waals surface area contributed by atoms with Gasteiger partial charge in [0, 0.05) is 32.2 Å². The summed E-state index contributed by atoms with van der Waals surface area (Å²) in [5.74, 6) is 0.794. The summed E-state index contributed by atoms with van der Waals surface area (Å²) in [6, 6.07) is 3.19. The Balaban J connectivity index is 2.10. The van der Waals surface area contributed by atoms with Crippen LogP contribution < -0.4 is 10.2 Å². The number of aromatic nitrogens is 1. The van der Waals surface area contributed by atoms with Gasteiger partial charge in [-0.25, -0.2) is 10.3 Å². The van der Waals surface area contributed by atoms with E-state index in [1.165, 1.54) is 12.3 Å². The average Bonchev–Trinajstić information content (AvgIpc) is 2.57. The molecule has 1 radical (unpaired) electrons. The van der Waals surface area contributed by atoms with E-state index in [4.69, 9.17) is 0 Å². The van der Waals surface area contributed by atoms with Crippen molar-refractivity contribution >= 4 is 11.5 Å². The molecule has 6 heteroatoms. The van der Waals surface area contributed by atoms with Crippen LogP contribution in [0, 0.1) is 10.1 Å². The van der Waals surface area contributed by atoms with Crippen LogP contribution in [0.3, 0.4) is 0 Å². The molecule has 0 spiro atoms. The van der Waals surface area contributed by atoms with Crippen LogP contribution in [0.5, 0.6) is 0 Å². The number of pyridine rings is 1. The molecule has 0 atom stereocenters. The van der Waals surface area contributed by atoms with Gasteiger partial charge in [0.1, 0.15) is 12.0 Å². The van der Waals surface area contributed by atoms with Crippen LogP contribution in [0.2, 0.25) is 0 Å². The second kappa shape index (κ2) is 4.89. The van der Waals surface area contributed by atoms with Gasteiger partial charge in [-0.15, -0.1) is 0 Å². The summed E-state index contributed by atoms with van der Waals surface area (Å²) < 4.78 is 0. The van der Waals surface area contributed by atoms with E-state index in [2.05, 4.69) is 15.2 Å². The number of rotatable bonds is 2. The monoisotopic (exact) mass is 221 g/mol. The second-order valence-corrected chi connectivity index (χ2v) is 3.64. The van der Waals surface area contributed by atoms with E-state index < -0.39 is 4.92 Å². The highest BCUT2D eigenvalue weighted by atomic mass is 16.6. The Morgan fingerprint density at radius 2 is 2.19 bits per heavy atom. The van der Waals surface area contributed by atoms with Gasteiger partial charge in [0.15, 0.2) is 0 Å². The van der Waals surface area contributed by atoms with Crippen molar-refractivity contribution < 1.29 is 4.92 Å². The van der Waals surface area contributed by atoms with Crippen LogP contribution in [0.25, 0.3) is 0 Å². The van der Waals surface area contributed by atoms with E-state index in [-0.39, 0.29) is 5.69 Å². The van der Waals surface area contributed by atoms with Crippen molar-refractivity contribution in [2.45, 2.75) is 6.42 Å². The van der Waals surface area contributed by atoms with Crippen LogP contribution >= 0.6 is 0 Å². The highest BCUT2D eigenvalue weighted by Gasteiger charge is 2.12. The molecule has 1 fully saturated rings. The van der Waals surface area contributed by atoms with Crippen LogP contribution in [-0.4, -0.2) is 36.1 Å². The van der Waals surface area contributed by atoms with Gasteiger partial charge in [-0.1, -0.05) is 0 Å². The molecule has 6 nitrogen and oxygen atoms in total. The van der Waals surface area contributed by atoms with E-state index in [0.717, 1.165) is 38.4 Å². The zero-order valence-corrected chi connectivity index (χ0v) is 8.87. The summed E-state index contributed by atoms with van der Waals surface area (Å²) in [5.41, 5.74) is 0.0308. The molecule has 0 aromatic carbocycles. The summed E-state index contributed by atoms with van der Waals surface area (Å²) in [6.45, 7) is 3.45. The Morgan fingerprint density at radius 3 is 2.88 bits per heavy atom. The first-order valence-electron chi connectivity index (χ1n) is 5.26. The molecule has 1 aliphatic rings. The van der Waals surface area contributed by atoms with Crippen LogP contribution in [0.15, 0.2) is 18.3 Å².